The zero-order chi connectivity index (χ0) is 17.0. The molecule has 1 heterocycles. The number of aldehydes is 1. The molecule has 1 atom stereocenters. The zero-order valence-electron chi connectivity index (χ0n) is 12.4. The van der Waals surface area contributed by atoms with E-state index in [1.165, 1.54) is 4.90 Å². The lowest BCUT2D eigenvalue weighted by Gasteiger charge is -2.22. The highest BCUT2D eigenvalue weighted by Gasteiger charge is 2.39. The quantitative estimate of drug-likeness (QED) is 0.483. The number of aliphatic carboxylic acids is 1. The molecule has 2 rings (SSSR count). The minimum atomic E-state index is -1.06. The van der Waals surface area contributed by atoms with Gasteiger partial charge in [-0.2, -0.15) is 0 Å². The normalized spacial score (nSPS) is 17.6. The van der Waals surface area contributed by atoms with Crippen molar-refractivity contribution in [2.24, 2.45) is 0 Å². The lowest BCUT2D eigenvalue weighted by molar-refractivity contribution is -0.145. The molecular formula is C16H15NO4S2. The monoisotopic (exact) mass is 349 g/mol. The minimum Gasteiger partial charge on any atom is -0.480 e. The van der Waals surface area contributed by atoms with Crippen LogP contribution < -0.4 is 0 Å². The highest BCUT2D eigenvalue weighted by Crippen LogP contribution is 2.34. The topological polar surface area (TPSA) is 74.7 Å². The van der Waals surface area contributed by atoms with Crippen LogP contribution in [0.15, 0.2) is 29.2 Å². The van der Waals surface area contributed by atoms with Gasteiger partial charge in [0.25, 0.3) is 5.91 Å². The second-order valence-electron chi connectivity index (χ2n) is 4.98. The molecule has 0 bridgehead atoms. The Morgan fingerprint density at radius 2 is 1.96 bits per heavy atom. The Morgan fingerprint density at radius 1 is 1.35 bits per heavy atom. The number of hydrogen-bond acceptors (Lipinski definition) is 5. The number of rotatable bonds is 6. The summed E-state index contributed by atoms with van der Waals surface area (Å²) in [4.78, 5) is 36.1. The van der Waals surface area contributed by atoms with Crippen LogP contribution in [0.4, 0.5) is 0 Å². The number of carbonyl (C=O) groups is 3. The van der Waals surface area contributed by atoms with Crippen molar-refractivity contribution in [1.29, 1.82) is 0 Å². The number of hydrogen-bond donors (Lipinski definition) is 1. The van der Waals surface area contributed by atoms with Crippen molar-refractivity contribution < 1.29 is 19.5 Å². The summed E-state index contributed by atoms with van der Waals surface area (Å²) in [6, 6.07) is 5.80. The number of thioether (sulfide) groups is 1. The third kappa shape index (κ3) is 3.86. The van der Waals surface area contributed by atoms with E-state index in [9.17, 15) is 19.5 Å². The van der Waals surface area contributed by atoms with E-state index in [0.717, 1.165) is 23.6 Å². The Bertz CT molecular complexity index is 682. The molecule has 0 saturated carbocycles. The van der Waals surface area contributed by atoms with Crippen LogP contribution >= 0.6 is 24.0 Å². The van der Waals surface area contributed by atoms with Crippen LogP contribution in [0.25, 0.3) is 6.08 Å². The first kappa shape index (κ1) is 17.4. The van der Waals surface area contributed by atoms with Crippen molar-refractivity contribution in [3.63, 3.8) is 0 Å². The third-order valence-electron chi connectivity index (χ3n) is 3.35. The molecule has 1 amide bonds. The number of carboxylic acid groups (broad SMARTS) is 1. The van der Waals surface area contributed by atoms with Crippen LogP contribution in [0.3, 0.4) is 0 Å². The SMILES string of the molecule is CCC[C@@H](C(=O)O)N1C(=O)/C(=C/c2ccc(C=O)cc2)SC1=S. The van der Waals surface area contributed by atoms with E-state index in [2.05, 4.69) is 0 Å². The van der Waals surface area contributed by atoms with Crippen LogP contribution in [0, 0.1) is 0 Å². The predicted octanol–water partition coefficient (Wildman–Crippen LogP) is 2.95. The molecule has 7 heteroatoms. The lowest BCUT2D eigenvalue weighted by atomic mass is 10.1. The molecule has 0 radical (unpaired) electrons. The van der Waals surface area contributed by atoms with Gasteiger partial charge in [-0.3, -0.25) is 14.5 Å². The average Bonchev–Trinajstić information content (AvgIpc) is 2.80. The van der Waals surface area contributed by atoms with Crippen molar-refractivity contribution >= 4 is 52.5 Å². The molecule has 0 aromatic heterocycles. The molecule has 5 nitrogen and oxygen atoms in total. The number of carbonyl (C=O) groups excluding carboxylic acids is 2. The number of amides is 1. The molecule has 1 aromatic carbocycles. The Morgan fingerprint density at radius 3 is 2.48 bits per heavy atom. The lowest BCUT2D eigenvalue weighted by Crippen LogP contribution is -2.43. The Hall–Kier alpha value is -1.99. The summed E-state index contributed by atoms with van der Waals surface area (Å²) in [6.45, 7) is 1.86. The van der Waals surface area contributed by atoms with Crippen LogP contribution in [-0.2, 0) is 9.59 Å². The van der Waals surface area contributed by atoms with Crippen LogP contribution in [0.5, 0.6) is 0 Å². The van der Waals surface area contributed by atoms with E-state index in [1.54, 1.807) is 30.3 Å². The van der Waals surface area contributed by atoms with E-state index in [0.29, 0.717) is 23.3 Å². The number of benzene rings is 1. The molecule has 1 aliphatic rings. The molecular weight excluding hydrogens is 334 g/mol. The fourth-order valence-electron chi connectivity index (χ4n) is 2.21. The van der Waals surface area contributed by atoms with Crippen molar-refractivity contribution in [3.8, 4) is 0 Å². The molecule has 1 aliphatic heterocycles. The predicted molar refractivity (Wildman–Crippen MR) is 93.2 cm³/mol. The molecule has 0 spiro atoms. The Balaban J connectivity index is 2.27. The minimum absolute atomic E-state index is 0.256. The van der Waals surface area contributed by atoms with Gasteiger partial charge in [0.15, 0.2) is 0 Å². The number of thiocarbonyl (C=S) groups is 1. The Labute approximate surface area is 143 Å². The van der Waals surface area contributed by atoms with E-state index in [-0.39, 0.29) is 10.2 Å². The van der Waals surface area contributed by atoms with Crippen molar-refractivity contribution in [1.82, 2.24) is 4.90 Å². The third-order valence-corrected chi connectivity index (χ3v) is 4.68. The highest BCUT2D eigenvalue weighted by molar-refractivity contribution is 8.26. The summed E-state index contributed by atoms with van der Waals surface area (Å²) in [5.41, 5.74) is 1.29. The molecule has 1 saturated heterocycles. The van der Waals surface area contributed by atoms with Gasteiger partial charge in [-0.05, 0) is 18.1 Å². The summed E-state index contributed by atoms with van der Waals surface area (Å²) in [7, 11) is 0. The molecule has 1 N–H and O–H groups in total. The molecule has 0 aliphatic carbocycles. The fourth-order valence-corrected chi connectivity index (χ4v) is 3.56. The fraction of sp³-hybridized carbons (Fsp3) is 0.250. The van der Waals surface area contributed by atoms with Crippen LogP contribution in [0.2, 0.25) is 0 Å². The molecule has 0 unspecified atom stereocenters. The average molecular weight is 349 g/mol. The smallest absolute Gasteiger partial charge is 0.326 e. The first-order valence-corrected chi connectivity index (χ1v) is 8.25. The van der Waals surface area contributed by atoms with E-state index >= 15 is 0 Å². The van der Waals surface area contributed by atoms with E-state index in [4.69, 9.17) is 12.2 Å². The van der Waals surface area contributed by atoms with Gasteiger partial charge in [0.2, 0.25) is 0 Å². The molecule has 120 valence electrons. The number of carboxylic acids is 1. The summed E-state index contributed by atoms with van der Waals surface area (Å²) < 4.78 is 0.256. The van der Waals surface area contributed by atoms with Gasteiger partial charge in [-0.1, -0.05) is 61.6 Å². The molecule has 1 fully saturated rings. The maximum Gasteiger partial charge on any atom is 0.326 e. The maximum atomic E-state index is 12.5. The van der Waals surface area contributed by atoms with Crippen molar-refractivity contribution in [2.45, 2.75) is 25.8 Å². The van der Waals surface area contributed by atoms with Gasteiger partial charge in [0.1, 0.15) is 16.6 Å². The van der Waals surface area contributed by atoms with Crippen LogP contribution in [-0.4, -0.2) is 38.5 Å². The first-order valence-electron chi connectivity index (χ1n) is 7.03. The maximum absolute atomic E-state index is 12.5. The molecule has 1 aromatic rings. The number of nitrogens with zero attached hydrogens (tertiary/aromatic N) is 1. The summed E-state index contributed by atoms with van der Waals surface area (Å²) in [5.74, 6) is -1.44. The van der Waals surface area contributed by atoms with Crippen molar-refractivity contribution in [2.75, 3.05) is 0 Å². The molecule has 23 heavy (non-hydrogen) atoms. The van der Waals surface area contributed by atoms with Gasteiger partial charge >= 0.3 is 5.97 Å². The summed E-state index contributed by atoms with van der Waals surface area (Å²) >= 11 is 6.27. The van der Waals surface area contributed by atoms with Gasteiger partial charge in [-0.25, -0.2) is 4.79 Å². The van der Waals surface area contributed by atoms with Crippen LogP contribution in [0.1, 0.15) is 35.7 Å². The van der Waals surface area contributed by atoms with E-state index in [1.807, 2.05) is 6.92 Å². The second kappa shape index (κ2) is 7.52. The zero-order valence-corrected chi connectivity index (χ0v) is 14.0. The van der Waals surface area contributed by atoms with Gasteiger partial charge in [0.05, 0.1) is 4.91 Å². The summed E-state index contributed by atoms with van der Waals surface area (Å²) in [5, 5.41) is 9.32. The second-order valence-corrected chi connectivity index (χ2v) is 6.65. The van der Waals surface area contributed by atoms with Gasteiger partial charge in [0, 0.05) is 5.56 Å². The first-order chi connectivity index (χ1) is 11.0. The van der Waals surface area contributed by atoms with Gasteiger partial charge in [-0.15, -0.1) is 0 Å². The highest BCUT2D eigenvalue weighted by atomic mass is 32.2. The summed E-state index contributed by atoms with van der Waals surface area (Å²) in [6.07, 6.45) is 3.38. The largest absolute Gasteiger partial charge is 0.480 e. The Kier molecular flexibility index (Phi) is 5.68. The standard InChI is InChI=1S/C16H15NO4S2/c1-2-3-12(15(20)21)17-14(19)13(23-16(17)22)8-10-4-6-11(9-18)7-5-10/h4-9,12H,2-3H2,1H3,(H,20,21)/b13-8-/t12-/m0/s1. The van der Waals surface area contributed by atoms with Gasteiger partial charge < -0.3 is 5.11 Å². The van der Waals surface area contributed by atoms with Crippen molar-refractivity contribution in [3.05, 3.63) is 40.3 Å². The van der Waals surface area contributed by atoms with E-state index < -0.39 is 12.0 Å².